The number of rotatable bonds is 3. The first-order valence-electron chi connectivity index (χ1n) is 3.23. The van der Waals surface area contributed by atoms with Gasteiger partial charge in [-0.25, -0.2) is 9.37 Å². The van der Waals surface area contributed by atoms with Gasteiger partial charge in [-0.2, -0.15) is 5.10 Å². The van der Waals surface area contributed by atoms with Crippen LogP contribution in [0.1, 0.15) is 5.82 Å². The van der Waals surface area contributed by atoms with Gasteiger partial charge in [-0.05, 0) is 12.2 Å². The summed E-state index contributed by atoms with van der Waals surface area (Å²) in [7, 11) is -4.69. The smallest absolute Gasteiger partial charge is 0.322 e. The van der Waals surface area contributed by atoms with E-state index in [4.69, 9.17) is 9.79 Å². The van der Waals surface area contributed by atoms with Crippen molar-refractivity contribution in [1.29, 1.82) is 0 Å². The minimum Gasteiger partial charge on any atom is -0.322 e. The van der Waals surface area contributed by atoms with Gasteiger partial charge in [0.05, 0.1) is 0 Å². The van der Waals surface area contributed by atoms with E-state index in [0.717, 1.165) is 12.2 Å². The Morgan fingerprint density at radius 2 is 2.38 bits per heavy atom. The molecule has 0 spiro atoms. The Labute approximate surface area is 72.7 Å². The molecule has 0 radical (unpaired) electrons. The van der Waals surface area contributed by atoms with Crippen molar-refractivity contribution < 1.29 is 18.7 Å². The largest absolute Gasteiger partial charge is 0.363 e. The summed E-state index contributed by atoms with van der Waals surface area (Å²) in [6.45, 7) is 0. The van der Waals surface area contributed by atoms with E-state index >= 15 is 0 Å². The monoisotopic (exact) mass is 207 g/mol. The molecule has 8 heteroatoms. The Kier molecular flexibility index (Phi) is 2.92. The number of nitrogens with one attached hydrogen (secondary N) is 1. The molecule has 0 saturated carbocycles. The molecule has 1 aromatic heterocycles. The molecular weight excluding hydrogens is 200 g/mol. The number of hydrogen-bond acceptors (Lipinski definition) is 3. The third-order valence-corrected chi connectivity index (χ3v) is 1.98. The molecular formula is C5H7FN3O3P. The highest BCUT2D eigenvalue weighted by Gasteiger charge is 2.25. The van der Waals surface area contributed by atoms with Gasteiger partial charge in [0.2, 0.25) is 5.91 Å². The highest BCUT2D eigenvalue weighted by atomic mass is 31.2. The minimum atomic E-state index is -4.69. The van der Waals surface area contributed by atoms with Crippen molar-refractivity contribution in [2.45, 2.75) is 5.91 Å². The van der Waals surface area contributed by atoms with Crippen molar-refractivity contribution >= 4 is 13.7 Å². The molecule has 1 unspecified atom stereocenters. The standard InChI is InChI=1S/C5H7FN3O3P/c6-4(13(10,11)12)1-2-5-7-3-8-9-5/h1-4H,(H,7,8,9)(H2,10,11,12). The second kappa shape index (κ2) is 3.78. The second-order valence-corrected chi connectivity index (χ2v) is 3.86. The average molecular weight is 207 g/mol. The Morgan fingerprint density at radius 3 is 2.85 bits per heavy atom. The third kappa shape index (κ3) is 3.06. The van der Waals surface area contributed by atoms with Crippen molar-refractivity contribution in [2.24, 2.45) is 0 Å². The van der Waals surface area contributed by atoms with Gasteiger partial charge in [0, 0.05) is 0 Å². The number of aromatic nitrogens is 3. The van der Waals surface area contributed by atoms with Crippen LogP contribution in [0.2, 0.25) is 0 Å². The van der Waals surface area contributed by atoms with E-state index in [1.807, 2.05) is 0 Å². The van der Waals surface area contributed by atoms with Crippen LogP contribution in [-0.2, 0) is 4.57 Å². The van der Waals surface area contributed by atoms with Crippen molar-refractivity contribution in [3.63, 3.8) is 0 Å². The van der Waals surface area contributed by atoms with Crippen LogP contribution in [0.25, 0.3) is 6.08 Å². The van der Waals surface area contributed by atoms with Gasteiger partial charge >= 0.3 is 7.60 Å². The fourth-order valence-corrected chi connectivity index (χ4v) is 0.888. The number of alkyl halides is 1. The minimum absolute atomic E-state index is 0.233. The first-order chi connectivity index (χ1) is 6.00. The molecule has 6 nitrogen and oxygen atoms in total. The molecule has 1 heterocycles. The molecule has 0 aliphatic heterocycles. The van der Waals surface area contributed by atoms with Crippen molar-refractivity contribution in [1.82, 2.24) is 15.2 Å². The third-order valence-electron chi connectivity index (χ3n) is 1.17. The van der Waals surface area contributed by atoms with Gasteiger partial charge < -0.3 is 9.79 Å². The molecule has 1 rings (SSSR count). The van der Waals surface area contributed by atoms with Crippen LogP contribution in [0.5, 0.6) is 0 Å². The lowest BCUT2D eigenvalue weighted by molar-refractivity contribution is 0.323. The van der Waals surface area contributed by atoms with Crippen LogP contribution in [0.4, 0.5) is 4.39 Å². The molecule has 0 aliphatic rings. The van der Waals surface area contributed by atoms with Crippen LogP contribution in [0, 0.1) is 0 Å². The van der Waals surface area contributed by atoms with Gasteiger partial charge in [-0.3, -0.25) is 9.66 Å². The Hall–Kier alpha value is -1.04. The van der Waals surface area contributed by atoms with Gasteiger partial charge in [0.15, 0.2) is 0 Å². The SMILES string of the molecule is O=P(O)(O)C(F)C=Cc1ncn[nH]1. The lowest BCUT2D eigenvalue weighted by Crippen LogP contribution is -1.95. The molecule has 13 heavy (non-hydrogen) atoms. The van der Waals surface area contributed by atoms with Crippen LogP contribution < -0.4 is 0 Å². The summed E-state index contributed by atoms with van der Waals surface area (Å²) in [6, 6.07) is 0. The summed E-state index contributed by atoms with van der Waals surface area (Å²) >= 11 is 0. The Balaban J connectivity index is 2.64. The second-order valence-electron chi connectivity index (χ2n) is 2.19. The van der Waals surface area contributed by atoms with Crippen LogP contribution in [0.3, 0.4) is 0 Å². The maximum absolute atomic E-state index is 12.6. The number of halogens is 1. The fraction of sp³-hybridized carbons (Fsp3) is 0.200. The van der Waals surface area contributed by atoms with Crippen molar-refractivity contribution in [2.75, 3.05) is 0 Å². The molecule has 0 saturated heterocycles. The summed E-state index contributed by atoms with van der Waals surface area (Å²) in [5, 5.41) is 5.83. The molecule has 3 N–H and O–H groups in total. The maximum Gasteiger partial charge on any atom is 0.363 e. The molecule has 1 aromatic rings. The highest BCUT2D eigenvalue weighted by Crippen LogP contribution is 2.42. The summed E-state index contributed by atoms with van der Waals surface area (Å²) in [5.74, 6) is -2.08. The average Bonchev–Trinajstić information content (AvgIpc) is 2.50. The zero-order valence-electron chi connectivity index (χ0n) is 6.33. The maximum atomic E-state index is 12.6. The predicted octanol–water partition coefficient (Wildman–Crippen LogP) is 0.291. The van der Waals surface area contributed by atoms with E-state index in [1.165, 1.54) is 6.33 Å². The fourth-order valence-electron chi connectivity index (χ4n) is 0.578. The topological polar surface area (TPSA) is 99.1 Å². The number of hydrogen-bond donors (Lipinski definition) is 3. The molecule has 0 fully saturated rings. The van der Waals surface area contributed by atoms with E-state index in [-0.39, 0.29) is 5.82 Å². The van der Waals surface area contributed by atoms with E-state index in [2.05, 4.69) is 15.2 Å². The molecule has 0 aliphatic carbocycles. The first-order valence-corrected chi connectivity index (χ1v) is 4.91. The molecule has 1 atom stereocenters. The van der Waals surface area contributed by atoms with Gasteiger partial charge in [0.1, 0.15) is 12.2 Å². The van der Waals surface area contributed by atoms with E-state index in [0.29, 0.717) is 0 Å². The Morgan fingerprint density at radius 1 is 1.69 bits per heavy atom. The molecule has 0 aromatic carbocycles. The van der Waals surface area contributed by atoms with Crippen molar-refractivity contribution in [3.8, 4) is 0 Å². The lowest BCUT2D eigenvalue weighted by atomic mass is 10.5. The zero-order valence-corrected chi connectivity index (χ0v) is 7.23. The molecule has 72 valence electrons. The van der Waals surface area contributed by atoms with Crippen molar-refractivity contribution in [3.05, 3.63) is 18.2 Å². The number of aromatic amines is 1. The predicted molar refractivity (Wildman–Crippen MR) is 42.4 cm³/mol. The number of nitrogens with zero attached hydrogens (tertiary/aromatic N) is 2. The molecule has 0 amide bonds. The van der Waals surface area contributed by atoms with Gasteiger partial charge in [0.25, 0.3) is 0 Å². The number of allylic oxidation sites excluding steroid dienone is 1. The van der Waals surface area contributed by atoms with E-state index < -0.39 is 13.5 Å². The normalized spacial score (nSPS) is 15.0. The van der Waals surface area contributed by atoms with Crippen LogP contribution >= 0.6 is 7.60 Å². The van der Waals surface area contributed by atoms with Crippen LogP contribution in [0.15, 0.2) is 12.4 Å². The summed E-state index contributed by atoms with van der Waals surface area (Å²) in [6.07, 6.45) is 3.03. The highest BCUT2D eigenvalue weighted by molar-refractivity contribution is 7.52. The summed E-state index contributed by atoms with van der Waals surface area (Å²) < 4.78 is 22.9. The van der Waals surface area contributed by atoms with Gasteiger partial charge in [-0.15, -0.1) is 0 Å². The summed E-state index contributed by atoms with van der Waals surface area (Å²) in [5.41, 5.74) is 0. The van der Waals surface area contributed by atoms with E-state index in [9.17, 15) is 8.96 Å². The Bertz CT molecular complexity index is 333. The molecule has 0 bridgehead atoms. The first kappa shape index (κ1) is 10.0. The lowest BCUT2D eigenvalue weighted by Gasteiger charge is -2.03. The quantitative estimate of drug-likeness (QED) is 0.618. The summed E-state index contributed by atoms with van der Waals surface area (Å²) in [4.78, 5) is 20.3. The number of H-pyrrole nitrogens is 1. The van der Waals surface area contributed by atoms with Crippen LogP contribution in [-0.4, -0.2) is 30.9 Å². The van der Waals surface area contributed by atoms with E-state index in [1.54, 1.807) is 0 Å². The van der Waals surface area contributed by atoms with Gasteiger partial charge in [-0.1, -0.05) is 0 Å². The zero-order chi connectivity index (χ0) is 9.90.